The van der Waals surface area contributed by atoms with Crippen LogP contribution in [-0.2, 0) is 0 Å². The lowest BCUT2D eigenvalue weighted by Crippen LogP contribution is -2.12. The van der Waals surface area contributed by atoms with Crippen LogP contribution in [0.1, 0.15) is 18.5 Å². The van der Waals surface area contributed by atoms with E-state index < -0.39 is 0 Å². The summed E-state index contributed by atoms with van der Waals surface area (Å²) in [6.45, 7) is 2.15. The summed E-state index contributed by atoms with van der Waals surface area (Å²) in [5, 5.41) is 3.25. The zero-order chi connectivity index (χ0) is 13.0. The standard InChI is InChI=1S/C14H15BrN2S/c1-10(16-2)13-4-3-12(9-14(13)15)18-11-5-7-17-8-6-11/h3-10,16H,1-2H3. The van der Waals surface area contributed by atoms with Crippen molar-refractivity contribution in [3.8, 4) is 0 Å². The van der Waals surface area contributed by atoms with Crippen molar-refractivity contribution >= 4 is 27.7 Å². The Kier molecular flexibility index (Phi) is 4.80. The SMILES string of the molecule is CNC(C)c1ccc(Sc2ccncc2)cc1Br. The molecule has 2 rings (SSSR count). The Morgan fingerprint density at radius 1 is 1.17 bits per heavy atom. The molecule has 4 heteroatoms. The summed E-state index contributed by atoms with van der Waals surface area (Å²) in [6, 6.07) is 10.9. The molecule has 0 aliphatic rings. The van der Waals surface area contributed by atoms with Crippen LogP contribution in [0.5, 0.6) is 0 Å². The lowest BCUT2D eigenvalue weighted by atomic mass is 10.1. The highest BCUT2D eigenvalue weighted by Crippen LogP contribution is 2.32. The number of rotatable bonds is 4. The van der Waals surface area contributed by atoms with Gasteiger partial charge in [-0.2, -0.15) is 0 Å². The van der Waals surface area contributed by atoms with Crippen LogP contribution in [0.4, 0.5) is 0 Å². The van der Waals surface area contributed by atoms with E-state index in [2.05, 4.69) is 51.4 Å². The first-order chi connectivity index (χ1) is 8.70. The first-order valence-electron chi connectivity index (χ1n) is 5.75. The van der Waals surface area contributed by atoms with Crippen molar-refractivity contribution in [2.75, 3.05) is 7.05 Å². The summed E-state index contributed by atoms with van der Waals surface area (Å²) >= 11 is 5.38. The first kappa shape index (κ1) is 13.6. The van der Waals surface area contributed by atoms with E-state index in [1.54, 1.807) is 11.8 Å². The molecule has 2 nitrogen and oxygen atoms in total. The highest BCUT2D eigenvalue weighted by molar-refractivity contribution is 9.10. The Balaban J connectivity index is 2.19. The van der Waals surface area contributed by atoms with Crippen LogP contribution in [0.25, 0.3) is 0 Å². The predicted octanol–water partition coefficient (Wildman–Crippen LogP) is 4.28. The molecule has 1 aromatic heterocycles. The number of hydrogen-bond acceptors (Lipinski definition) is 3. The Bertz CT molecular complexity index is 516. The van der Waals surface area contributed by atoms with Crippen molar-refractivity contribution in [1.29, 1.82) is 0 Å². The molecule has 0 bridgehead atoms. The van der Waals surface area contributed by atoms with Crippen LogP contribution in [-0.4, -0.2) is 12.0 Å². The minimum absolute atomic E-state index is 0.347. The summed E-state index contributed by atoms with van der Waals surface area (Å²) in [5.41, 5.74) is 1.27. The number of benzene rings is 1. The Labute approximate surface area is 120 Å². The molecule has 0 radical (unpaired) electrons. The third-order valence-corrected chi connectivity index (χ3v) is 4.44. The van der Waals surface area contributed by atoms with Crippen molar-refractivity contribution in [2.24, 2.45) is 0 Å². The largest absolute Gasteiger partial charge is 0.313 e. The molecule has 1 unspecified atom stereocenters. The summed E-state index contributed by atoms with van der Waals surface area (Å²) in [4.78, 5) is 6.44. The lowest BCUT2D eigenvalue weighted by Gasteiger charge is -2.13. The van der Waals surface area contributed by atoms with Gasteiger partial charge in [-0.1, -0.05) is 33.8 Å². The van der Waals surface area contributed by atoms with Gasteiger partial charge in [-0.25, -0.2) is 0 Å². The summed E-state index contributed by atoms with van der Waals surface area (Å²) in [5.74, 6) is 0. The van der Waals surface area contributed by atoms with E-state index in [1.807, 2.05) is 31.6 Å². The van der Waals surface area contributed by atoms with Gasteiger partial charge in [-0.05, 0) is 43.8 Å². The number of nitrogens with one attached hydrogen (secondary N) is 1. The predicted molar refractivity (Wildman–Crippen MR) is 80.0 cm³/mol. The maximum atomic E-state index is 4.02. The molecule has 0 saturated heterocycles. The van der Waals surface area contributed by atoms with Crippen molar-refractivity contribution in [1.82, 2.24) is 10.3 Å². The van der Waals surface area contributed by atoms with E-state index in [1.165, 1.54) is 15.4 Å². The van der Waals surface area contributed by atoms with Gasteiger partial charge in [0, 0.05) is 32.7 Å². The normalized spacial score (nSPS) is 12.4. The number of halogens is 1. The van der Waals surface area contributed by atoms with Gasteiger partial charge in [-0.3, -0.25) is 4.98 Å². The number of hydrogen-bond donors (Lipinski definition) is 1. The maximum Gasteiger partial charge on any atom is 0.0300 e. The minimum Gasteiger partial charge on any atom is -0.313 e. The van der Waals surface area contributed by atoms with E-state index in [9.17, 15) is 0 Å². The summed E-state index contributed by atoms with van der Waals surface area (Å²) in [7, 11) is 1.97. The second kappa shape index (κ2) is 6.36. The van der Waals surface area contributed by atoms with Crippen LogP contribution in [0.3, 0.4) is 0 Å². The molecule has 0 amide bonds. The maximum absolute atomic E-state index is 4.02. The molecule has 0 fully saturated rings. The molecular weight excluding hydrogens is 308 g/mol. The van der Waals surface area contributed by atoms with Gasteiger partial charge >= 0.3 is 0 Å². The second-order valence-corrected chi connectivity index (χ2v) is 5.98. The number of nitrogens with zero attached hydrogens (tertiary/aromatic N) is 1. The molecular formula is C14H15BrN2S. The van der Waals surface area contributed by atoms with Crippen LogP contribution in [0.15, 0.2) is 57.0 Å². The van der Waals surface area contributed by atoms with E-state index >= 15 is 0 Å². The fourth-order valence-electron chi connectivity index (χ4n) is 1.62. The van der Waals surface area contributed by atoms with Crippen LogP contribution < -0.4 is 5.32 Å². The van der Waals surface area contributed by atoms with E-state index in [0.717, 1.165) is 4.47 Å². The molecule has 94 valence electrons. The first-order valence-corrected chi connectivity index (χ1v) is 7.36. The third-order valence-electron chi connectivity index (χ3n) is 2.76. The Morgan fingerprint density at radius 2 is 1.89 bits per heavy atom. The summed E-state index contributed by atoms with van der Waals surface area (Å²) in [6.07, 6.45) is 3.63. The van der Waals surface area contributed by atoms with E-state index in [0.29, 0.717) is 6.04 Å². The quantitative estimate of drug-likeness (QED) is 0.909. The Hall–Kier alpha value is -0.840. The highest BCUT2D eigenvalue weighted by atomic mass is 79.9. The topological polar surface area (TPSA) is 24.9 Å². The van der Waals surface area contributed by atoms with Gasteiger partial charge < -0.3 is 5.32 Å². The fourth-order valence-corrected chi connectivity index (χ4v) is 3.34. The van der Waals surface area contributed by atoms with E-state index in [4.69, 9.17) is 0 Å². The van der Waals surface area contributed by atoms with Crippen LogP contribution >= 0.6 is 27.7 Å². The number of aromatic nitrogens is 1. The highest BCUT2D eigenvalue weighted by Gasteiger charge is 2.08. The second-order valence-electron chi connectivity index (χ2n) is 3.98. The lowest BCUT2D eigenvalue weighted by molar-refractivity contribution is 0.649. The molecule has 1 aromatic carbocycles. The van der Waals surface area contributed by atoms with E-state index in [-0.39, 0.29) is 0 Å². The van der Waals surface area contributed by atoms with Crippen LogP contribution in [0.2, 0.25) is 0 Å². The molecule has 1 N–H and O–H groups in total. The van der Waals surface area contributed by atoms with Crippen molar-refractivity contribution in [3.63, 3.8) is 0 Å². The zero-order valence-corrected chi connectivity index (χ0v) is 12.8. The minimum atomic E-state index is 0.347. The van der Waals surface area contributed by atoms with Crippen molar-refractivity contribution in [3.05, 3.63) is 52.8 Å². The average Bonchev–Trinajstić information content (AvgIpc) is 2.39. The van der Waals surface area contributed by atoms with Gasteiger partial charge in [0.05, 0.1) is 0 Å². The van der Waals surface area contributed by atoms with Crippen LogP contribution in [0, 0.1) is 0 Å². The Morgan fingerprint density at radius 3 is 2.50 bits per heavy atom. The molecule has 1 heterocycles. The smallest absolute Gasteiger partial charge is 0.0300 e. The molecule has 18 heavy (non-hydrogen) atoms. The van der Waals surface area contributed by atoms with Crippen molar-refractivity contribution in [2.45, 2.75) is 22.8 Å². The van der Waals surface area contributed by atoms with Gasteiger partial charge in [0.25, 0.3) is 0 Å². The third kappa shape index (κ3) is 3.34. The molecule has 0 spiro atoms. The summed E-state index contributed by atoms with van der Waals surface area (Å²) < 4.78 is 1.14. The van der Waals surface area contributed by atoms with Gasteiger partial charge in [0.15, 0.2) is 0 Å². The fraction of sp³-hybridized carbons (Fsp3) is 0.214. The molecule has 0 aliphatic carbocycles. The van der Waals surface area contributed by atoms with Gasteiger partial charge in [0.2, 0.25) is 0 Å². The average molecular weight is 323 g/mol. The molecule has 1 atom stereocenters. The van der Waals surface area contributed by atoms with Gasteiger partial charge in [-0.15, -0.1) is 0 Å². The monoisotopic (exact) mass is 322 g/mol. The van der Waals surface area contributed by atoms with Gasteiger partial charge in [0.1, 0.15) is 0 Å². The number of pyridine rings is 1. The van der Waals surface area contributed by atoms with Crippen molar-refractivity contribution < 1.29 is 0 Å². The molecule has 0 saturated carbocycles. The molecule has 0 aliphatic heterocycles. The zero-order valence-electron chi connectivity index (χ0n) is 10.4. The molecule has 2 aromatic rings.